The number of nitrogens with zero attached hydrogens (tertiary/aromatic N) is 5. The number of aryl methyl sites for hydroxylation is 2. The van der Waals surface area contributed by atoms with Gasteiger partial charge in [-0.3, -0.25) is 4.68 Å². The number of hydrogen-bond donors (Lipinski definition) is 1. The van der Waals surface area contributed by atoms with Crippen LogP contribution in [0.15, 0.2) is 0 Å². The minimum atomic E-state index is -0.482. The summed E-state index contributed by atoms with van der Waals surface area (Å²) in [5, 5.41) is 15.7. The van der Waals surface area contributed by atoms with Gasteiger partial charge in [0.15, 0.2) is 5.82 Å². The molecule has 1 aliphatic heterocycles. The zero-order valence-electron chi connectivity index (χ0n) is 12.5. The highest BCUT2D eigenvalue weighted by molar-refractivity contribution is 5.92. The van der Waals surface area contributed by atoms with Gasteiger partial charge < -0.3 is 10.1 Å². The van der Waals surface area contributed by atoms with E-state index in [-0.39, 0.29) is 11.7 Å². The Morgan fingerprint density at radius 3 is 2.81 bits per heavy atom. The van der Waals surface area contributed by atoms with Crippen LogP contribution in [-0.2, 0) is 11.8 Å². The molecule has 8 heteroatoms. The standard InChI is InChI=1S/C13H18N6O2/c1-7-10(8(2)18(3)16-7)9-5-6-14-12-11(13(20)21-4)15-17-19(9)12/h9,14H,5-6H2,1-4H3. The van der Waals surface area contributed by atoms with Gasteiger partial charge in [0.25, 0.3) is 0 Å². The van der Waals surface area contributed by atoms with Crippen molar-refractivity contribution in [3.05, 3.63) is 22.6 Å². The largest absolute Gasteiger partial charge is 0.464 e. The molecule has 2 aromatic rings. The van der Waals surface area contributed by atoms with Gasteiger partial charge in [-0.15, -0.1) is 5.10 Å². The molecular formula is C13H18N6O2. The molecule has 1 aliphatic rings. The predicted octanol–water partition coefficient (Wildman–Crippen LogP) is 0.820. The fourth-order valence-electron chi connectivity index (χ4n) is 2.90. The van der Waals surface area contributed by atoms with Crippen LogP contribution < -0.4 is 5.32 Å². The molecule has 0 radical (unpaired) electrons. The number of hydrogen-bond acceptors (Lipinski definition) is 6. The topological polar surface area (TPSA) is 86.9 Å². The minimum Gasteiger partial charge on any atom is -0.464 e. The molecule has 1 atom stereocenters. The molecule has 21 heavy (non-hydrogen) atoms. The number of methoxy groups -OCH3 is 1. The van der Waals surface area contributed by atoms with E-state index in [4.69, 9.17) is 4.74 Å². The van der Waals surface area contributed by atoms with Crippen LogP contribution in [0, 0.1) is 13.8 Å². The summed E-state index contributed by atoms with van der Waals surface area (Å²) in [5.41, 5.74) is 3.44. The van der Waals surface area contributed by atoms with Gasteiger partial charge in [0.2, 0.25) is 5.69 Å². The predicted molar refractivity (Wildman–Crippen MR) is 75.3 cm³/mol. The average Bonchev–Trinajstić information content (AvgIpc) is 3.00. The van der Waals surface area contributed by atoms with E-state index in [1.807, 2.05) is 25.6 Å². The fraction of sp³-hybridized carbons (Fsp3) is 0.538. The Morgan fingerprint density at radius 1 is 1.43 bits per heavy atom. The highest BCUT2D eigenvalue weighted by atomic mass is 16.5. The highest BCUT2D eigenvalue weighted by Gasteiger charge is 2.31. The lowest BCUT2D eigenvalue weighted by molar-refractivity contribution is 0.0595. The SMILES string of the molecule is COC(=O)c1nnn2c1NCCC2c1c(C)nn(C)c1C. The third-order valence-corrected chi connectivity index (χ3v) is 3.98. The Hall–Kier alpha value is -2.38. The molecule has 1 unspecified atom stereocenters. The summed E-state index contributed by atoms with van der Waals surface area (Å²) in [6, 6.07) is 0.0286. The zero-order chi connectivity index (χ0) is 15.1. The molecule has 0 fully saturated rings. The molecule has 3 heterocycles. The van der Waals surface area contributed by atoms with E-state index in [2.05, 4.69) is 20.7 Å². The Bertz CT molecular complexity index is 702. The normalized spacial score (nSPS) is 17.2. The van der Waals surface area contributed by atoms with Gasteiger partial charge in [-0.25, -0.2) is 9.48 Å². The smallest absolute Gasteiger partial charge is 0.362 e. The molecule has 0 aromatic carbocycles. The number of carbonyl (C=O) groups is 1. The van der Waals surface area contributed by atoms with Crippen LogP contribution in [0.1, 0.15) is 39.9 Å². The second-order valence-electron chi connectivity index (χ2n) is 5.16. The Labute approximate surface area is 122 Å². The van der Waals surface area contributed by atoms with Crippen LogP contribution in [0.2, 0.25) is 0 Å². The van der Waals surface area contributed by atoms with Crippen LogP contribution in [0.5, 0.6) is 0 Å². The summed E-state index contributed by atoms with van der Waals surface area (Å²) >= 11 is 0. The van der Waals surface area contributed by atoms with Gasteiger partial charge in [0.1, 0.15) is 0 Å². The van der Waals surface area contributed by atoms with Gasteiger partial charge in [-0.2, -0.15) is 5.10 Å². The summed E-state index contributed by atoms with van der Waals surface area (Å²) in [5.74, 6) is 0.129. The molecule has 3 rings (SSSR count). The van der Waals surface area contributed by atoms with Crippen molar-refractivity contribution in [1.29, 1.82) is 0 Å². The molecule has 2 aromatic heterocycles. The molecule has 0 saturated carbocycles. The van der Waals surface area contributed by atoms with Crippen molar-refractivity contribution in [2.75, 3.05) is 19.0 Å². The number of aromatic nitrogens is 5. The van der Waals surface area contributed by atoms with Crippen molar-refractivity contribution >= 4 is 11.8 Å². The number of ether oxygens (including phenoxy) is 1. The summed E-state index contributed by atoms with van der Waals surface area (Å²) in [4.78, 5) is 11.7. The Kier molecular flexibility index (Phi) is 3.15. The van der Waals surface area contributed by atoms with Crippen molar-refractivity contribution in [2.24, 2.45) is 7.05 Å². The third kappa shape index (κ3) is 1.98. The molecule has 1 N–H and O–H groups in total. The number of carbonyl (C=O) groups excluding carboxylic acids is 1. The Morgan fingerprint density at radius 2 is 2.19 bits per heavy atom. The maximum Gasteiger partial charge on any atom is 0.362 e. The molecule has 0 saturated heterocycles. The monoisotopic (exact) mass is 290 g/mol. The van der Waals surface area contributed by atoms with Gasteiger partial charge in [0.05, 0.1) is 18.8 Å². The van der Waals surface area contributed by atoms with Gasteiger partial charge in [0, 0.05) is 24.8 Å². The lowest BCUT2D eigenvalue weighted by Gasteiger charge is -2.25. The maximum absolute atomic E-state index is 11.7. The molecule has 0 spiro atoms. The summed E-state index contributed by atoms with van der Waals surface area (Å²) in [6.07, 6.45) is 0.865. The molecule has 0 bridgehead atoms. The third-order valence-electron chi connectivity index (χ3n) is 3.98. The van der Waals surface area contributed by atoms with E-state index in [0.29, 0.717) is 5.82 Å². The van der Waals surface area contributed by atoms with Crippen LogP contribution in [0.4, 0.5) is 5.82 Å². The first kappa shape index (κ1) is 13.6. The van der Waals surface area contributed by atoms with E-state index in [1.54, 1.807) is 4.68 Å². The van der Waals surface area contributed by atoms with Gasteiger partial charge in [-0.05, 0) is 20.3 Å². The quantitative estimate of drug-likeness (QED) is 0.824. The molecule has 112 valence electrons. The average molecular weight is 290 g/mol. The van der Waals surface area contributed by atoms with Crippen molar-refractivity contribution in [1.82, 2.24) is 24.8 Å². The van der Waals surface area contributed by atoms with Gasteiger partial charge in [-0.1, -0.05) is 5.21 Å². The lowest BCUT2D eigenvalue weighted by Crippen LogP contribution is -2.26. The van der Waals surface area contributed by atoms with Crippen LogP contribution in [-0.4, -0.2) is 44.4 Å². The van der Waals surface area contributed by atoms with E-state index in [9.17, 15) is 4.79 Å². The molecule has 0 amide bonds. The summed E-state index contributed by atoms with van der Waals surface area (Å²) in [6.45, 7) is 4.77. The van der Waals surface area contributed by atoms with Crippen molar-refractivity contribution < 1.29 is 9.53 Å². The van der Waals surface area contributed by atoms with Crippen molar-refractivity contribution in [3.8, 4) is 0 Å². The first-order valence-corrected chi connectivity index (χ1v) is 6.82. The van der Waals surface area contributed by atoms with E-state index < -0.39 is 5.97 Å². The lowest BCUT2D eigenvalue weighted by atomic mass is 10.0. The van der Waals surface area contributed by atoms with Gasteiger partial charge >= 0.3 is 5.97 Å². The number of nitrogens with one attached hydrogen (secondary N) is 1. The van der Waals surface area contributed by atoms with E-state index in [1.165, 1.54) is 7.11 Å². The molecule has 8 nitrogen and oxygen atoms in total. The first-order valence-electron chi connectivity index (χ1n) is 6.82. The summed E-state index contributed by atoms with van der Waals surface area (Å²) < 4.78 is 8.36. The second-order valence-corrected chi connectivity index (χ2v) is 5.16. The maximum atomic E-state index is 11.7. The van der Waals surface area contributed by atoms with Crippen LogP contribution in [0.3, 0.4) is 0 Å². The first-order chi connectivity index (χ1) is 10.0. The molecule has 0 aliphatic carbocycles. The van der Waals surface area contributed by atoms with Crippen molar-refractivity contribution in [2.45, 2.75) is 26.3 Å². The van der Waals surface area contributed by atoms with Crippen molar-refractivity contribution in [3.63, 3.8) is 0 Å². The zero-order valence-corrected chi connectivity index (χ0v) is 12.5. The number of esters is 1. The Balaban J connectivity index is 2.09. The van der Waals surface area contributed by atoms with E-state index in [0.717, 1.165) is 29.9 Å². The van der Waals surface area contributed by atoms with E-state index >= 15 is 0 Å². The minimum absolute atomic E-state index is 0.0286. The number of fused-ring (bicyclic) bond motifs is 1. The number of anilines is 1. The number of rotatable bonds is 2. The van der Waals surface area contributed by atoms with Crippen LogP contribution >= 0.6 is 0 Å². The van der Waals surface area contributed by atoms with Crippen LogP contribution in [0.25, 0.3) is 0 Å². The summed E-state index contributed by atoms with van der Waals surface area (Å²) in [7, 11) is 3.26. The fourth-order valence-corrected chi connectivity index (χ4v) is 2.90. The second kappa shape index (κ2) is 4.87. The highest BCUT2D eigenvalue weighted by Crippen LogP contribution is 2.33. The molecular weight excluding hydrogens is 272 g/mol.